The normalized spacial score (nSPS) is 20.2. The first kappa shape index (κ1) is 67.0. The molecule has 0 saturated carbocycles. The van der Waals surface area contributed by atoms with Crippen molar-refractivity contribution in [2.24, 2.45) is 0 Å². The summed E-state index contributed by atoms with van der Waals surface area (Å²) in [4.78, 5) is 0. The molecule has 2 aliphatic rings. The molecule has 4 unspecified atom stereocenters. The van der Waals surface area contributed by atoms with E-state index in [4.69, 9.17) is 0 Å². The number of benzene rings is 2. The minimum absolute atomic E-state index is 0. The Balaban J connectivity index is -0.000000195. The zero-order valence-electron chi connectivity index (χ0n) is 41.3. The second kappa shape index (κ2) is 26.5. The maximum absolute atomic E-state index is 3.93. The first-order valence-electron chi connectivity index (χ1n) is 19.2. The number of allylic oxidation sites excluding steroid dienone is 8. The topological polar surface area (TPSA) is 0 Å². The summed E-state index contributed by atoms with van der Waals surface area (Å²) in [7, 11) is -3.57. The summed E-state index contributed by atoms with van der Waals surface area (Å²) >= 11 is 0. The third-order valence-electron chi connectivity index (χ3n) is 13.6. The summed E-state index contributed by atoms with van der Waals surface area (Å²) in [6.45, 7) is 40.2. The SMILES string of the molecule is CCC[Si](C)(c1cc(CC)cc(CC)c1)C1(C)[C-]=C(C)C(C)=C1C.CCc1cc(CC)cc([Si](C)(C(C)C)C2(C)[C-]=C(C)C(C)=C2C)c1.[CH3-].[CH3-].[CH3-].[CH3-].[CH3-].[CH3-].[Ti+4].[Ti+4]. The Morgan fingerprint density at radius 3 is 1.07 bits per heavy atom. The monoisotopic (exact) mass is 865 g/mol. The first-order valence-corrected chi connectivity index (χ1v) is 24.5. The molecule has 0 spiro atoms. The van der Waals surface area contributed by atoms with Crippen LogP contribution in [0.2, 0.25) is 34.8 Å². The molecular weight excluding hydrogens is 776 g/mol. The van der Waals surface area contributed by atoms with E-state index in [0.717, 1.165) is 25.7 Å². The van der Waals surface area contributed by atoms with Crippen LogP contribution >= 0.6 is 0 Å². The predicted molar refractivity (Wildman–Crippen MR) is 260 cm³/mol. The summed E-state index contributed by atoms with van der Waals surface area (Å²) in [5.74, 6) is 0. The van der Waals surface area contributed by atoms with Crippen LogP contribution in [-0.4, -0.2) is 16.1 Å². The molecule has 0 N–H and O–H groups in total. The molecule has 0 aromatic heterocycles. The van der Waals surface area contributed by atoms with Gasteiger partial charge in [-0.3, -0.25) is 12.2 Å². The van der Waals surface area contributed by atoms with Crippen molar-refractivity contribution in [2.75, 3.05) is 0 Å². The molecule has 0 radical (unpaired) electrons. The van der Waals surface area contributed by atoms with Crippen molar-refractivity contribution in [3.63, 3.8) is 0 Å². The Morgan fingerprint density at radius 1 is 0.518 bits per heavy atom. The maximum atomic E-state index is 3.93. The molecule has 2 aromatic carbocycles. The molecule has 2 aliphatic carbocycles. The average Bonchev–Trinajstić information content (AvgIpc) is 3.41. The van der Waals surface area contributed by atoms with Gasteiger partial charge in [0.15, 0.2) is 0 Å². The van der Waals surface area contributed by atoms with Crippen molar-refractivity contribution in [3.05, 3.63) is 149 Å². The molecule has 56 heavy (non-hydrogen) atoms. The molecule has 4 heteroatoms. The van der Waals surface area contributed by atoms with Crippen molar-refractivity contribution in [3.8, 4) is 0 Å². The van der Waals surface area contributed by atoms with Gasteiger partial charge in [0.1, 0.15) is 0 Å². The number of hydrogen-bond acceptors (Lipinski definition) is 0. The quantitative estimate of drug-likeness (QED) is 0.156. The summed E-state index contributed by atoms with van der Waals surface area (Å²) in [6, 6.07) is 16.2. The summed E-state index contributed by atoms with van der Waals surface area (Å²) in [5.41, 5.74) is 15.4. The van der Waals surface area contributed by atoms with Gasteiger partial charge in [0.2, 0.25) is 0 Å². The number of rotatable bonds is 11. The number of hydrogen-bond donors (Lipinski definition) is 0. The zero-order valence-corrected chi connectivity index (χ0v) is 46.4. The molecule has 0 heterocycles. The fraction of sp³-hybridized carbons (Fsp3) is 0.500. The fourth-order valence-electron chi connectivity index (χ4n) is 8.85. The second-order valence-electron chi connectivity index (χ2n) is 16.2. The van der Waals surface area contributed by atoms with Crippen molar-refractivity contribution in [1.29, 1.82) is 0 Å². The van der Waals surface area contributed by atoms with Crippen LogP contribution in [0.5, 0.6) is 0 Å². The van der Waals surface area contributed by atoms with Gasteiger partial charge in [0.05, 0.1) is 16.1 Å². The van der Waals surface area contributed by atoms with Gasteiger partial charge in [0, 0.05) is 0 Å². The van der Waals surface area contributed by atoms with Crippen LogP contribution in [0.15, 0.2) is 69.8 Å². The van der Waals surface area contributed by atoms with Crippen molar-refractivity contribution >= 4 is 26.5 Å². The van der Waals surface area contributed by atoms with Crippen LogP contribution in [0, 0.1) is 56.7 Å². The van der Waals surface area contributed by atoms with E-state index in [1.54, 1.807) is 21.5 Å². The first-order chi connectivity index (χ1) is 22.3. The zero-order chi connectivity index (χ0) is 36.4. The minimum Gasteiger partial charge on any atom is -0.358 e. The van der Waals surface area contributed by atoms with Gasteiger partial charge >= 0.3 is 43.4 Å². The standard InChI is InChI=1S/2C23H35Si.6CH3.2Ti/c1-10-20-12-21(11-2)14-22(13-20)24(9,16(3)4)23(8)15-17(5)18(6)19(23)7;1-9-12-24(8,23(7)16-17(4)18(5)19(23)6)22-14-20(10-2)13-21(11-3)15-22;;;;;;;;/h12-14,16H,10-11H2,1-9H3;13-15H,9-12H2,1-8H3;6*1H3;;/q8*-1;2*+4. The van der Waals surface area contributed by atoms with Crippen LogP contribution in [0.4, 0.5) is 0 Å². The van der Waals surface area contributed by atoms with Gasteiger partial charge in [0.25, 0.3) is 0 Å². The number of aryl methyl sites for hydroxylation is 4. The third kappa shape index (κ3) is 12.2. The van der Waals surface area contributed by atoms with Crippen LogP contribution in [0.25, 0.3) is 0 Å². The molecule has 0 saturated heterocycles. The van der Waals surface area contributed by atoms with Gasteiger partial charge in [-0.05, 0) is 53.5 Å². The molecule has 312 valence electrons. The molecule has 0 fully saturated rings. The van der Waals surface area contributed by atoms with E-state index in [1.807, 2.05) is 0 Å². The third-order valence-corrected chi connectivity index (χ3v) is 25.8. The van der Waals surface area contributed by atoms with Gasteiger partial charge in [-0.1, -0.05) is 172 Å². The predicted octanol–water partition coefficient (Wildman–Crippen LogP) is 15.4. The van der Waals surface area contributed by atoms with E-state index < -0.39 is 16.1 Å². The van der Waals surface area contributed by atoms with Crippen LogP contribution < -0.4 is 10.4 Å². The molecular formula is C52H88Si2Ti2. The van der Waals surface area contributed by atoms with E-state index >= 15 is 0 Å². The van der Waals surface area contributed by atoms with E-state index in [1.165, 1.54) is 57.0 Å². The molecule has 2 aromatic rings. The van der Waals surface area contributed by atoms with Crippen molar-refractivity contribution < 1.29 is 43.4 Å². The summed E-state index contributed by atoms with van der Waals surface area (Å²) < 4.78 is 0. The Bertz CT molecular complexity index is 1580. The Morgan fingerprint density at radius 2 is 0.821 bits per heavy atom. The molecule has 4 atom stereocenters. The second-order valence-corrected chi connectivity index (χ2v) is 26.1. The Labute approximate surface area is 386 Å². The Hall–Kier alpha value is -0.738. The van der Waals surface area contributed by atoms with Crippen LogP contribution in [0.1, 0.15) is 133 Å². The van der Waals surface area contributed by atoms with Gasteiger partial charge in [-0.15, -0.1) is 13.8 Å². The average molecular weight is 865 g/mol. The van der Waals surface area contributed by atoms with E-state index in [9.17, 15) is 0 Å². The molecule has 0 nitrogen and oxygen atoms in total. The molecule has 0 amide bonds. The van der Waals surface area contributed by atoms with Gasteiger partial charge in [-0.2, -0.15) is 22.3 Å². The van der Waals surface area contributed by atoms with Crippen LogP contribution in [-0.2, 0) is 69.1 Å². The largest absolute Gasteiger partial charge is 4.00 e. The van der Waals surface area contributed by atoms with Gasteiger partial charge in [-0.25, -0.2) is 11.1 Å². The Kier molecular flexibility index (Phi) is 31.7. The fourth-order valence-corrected chi connectivity index (χ4v) is 18.5. The van der Waals surface area contributed by atoms with E-state index in [2.05, 4.69) is 166 Å². The molecule has 0 aliphatic heterocycles. The van der Waals surface area contributed by atoms with E-state index in [-0.39, 0.29) is 98.1 Å². The molecule has 4 rings (SSSR count). The summed E-state index contributed by atoms with van der Waals surface area (Å²) in [6.07, 6.45) is 13.6. The van der Waals surface area contributed by atoms with Gasteiger partial charge < -0.3 is 44.6 Å². The van der Waals surface area contributed by atoms with Crippen molar-refractivity contribution in [1.82, 2.24) is 0 Å². The van der Waals surface area contributed by atoms with Crippen LogP contribution in [0.3, 0.4) is 0 Å². The minimum atomic E-state index is -1.83. The molecule has 0 bridgehead atoms. The summed E-state index contributed by atoms with van der Waals surface area (Å²) in [5, 5.41) is 3.46. The van der Waals surface area contributed by atoms with E-state index in [0.29, 0.717) is 5.54 Å². The maximum Gasteiger partial charge on any atom is 4.00 e. The smallest absolute Gasteiger partial charge is 0.358 e. The van der Waals surface area contributed by atoms with Crippen molar-refractivity contribution in [2.45, 2.75) is 171 Å².